The van der Waals surface area contributed by atoms with Crippen molar-refractivity contribution in [2.24, 2.45) is 0 Å². The van der Waals surface area contributed by atoms with E-state index < -0.39 is 10.0 Å². The molecule has 120 valence electrons. The summed E-state index contributed by atoms with van der Waals surface area (Å²) in [6.45, 7) is -0.0222. The number of hydrogen-bond acceptors (Lipinski definition) is 5. The molecule has 0 amide bonds. The molecule has 1 N–H and O–H groups in total. The van der Waals surface area contributed by atoms with Crippen molar-refractivity contribution < 1.29 is 18.0 Å². The molecular weight excluding hydrogens is 328 g/mol. The zero-order valence-corrected chi connectivity index (χ0v) is 13.3. The van der Waals surface area contributed by atoms with Gasteiger partial charge in [0.25, 0.3) is 0 Å². The molecule has 24 heavy (non-hydrogen) atoms. The predicted octanol–water partition coefficient (Wildman–Crippen LogP) is 1.65. The van der Waals surface area contributed by atoms with Crippen LogP contribution in [-0.4, -0.2) is 26.5 Å². The summed E-state index contributed by atoms with van der Waals surface area (Å²) in [5, 5.41) is 8.48. The Kier molecular flexibility index (Phi) is 4.01. The highest BCUT2D eigenvalue weighted by atomic mass is 32.2. The molecule has 7 heteroatoms. The number of carbonyl (C=O) groups excluding carboxylic acids is 2. The van der Waals surface area contributed by atoms with Crippen molar-refractivity contribution in [1.29, 1.82) is 5.26 Å². The van der Waals surface area contributed by atoms with Crippen LogP contribution in [-0.2, 0) is 10.0 Å². The van der Waals surface area contributed by atoms with Crippen LogP contribution in [0.1, 0.15) is 38.3 Å². The molecular formula is C17H12N2O4S. The number of rotatable bonds is 4. The molecule has 0 saturated carbocycles. The van der Waals surface area contributed by atoms with E-state index in [9.17, 15) is 18.0 Å². The average Bonchev–Trinajstić information content (AvgIpc) is 2.59. The number of nitrogens with zero attached hydrogens (tertiary/aromatic N) is 1. The molecule has 0 saturated heterocycles. The Labute approximate surface area is 138 Å². The fourth-order valence-corrected chi connectivity index (χ4v) is 3.63. The molecule has 0 atom stereocenters. The Balaban J connectivity index is 2.05. The number of nitrogens with one attached hydrogen (secondary N) is 1. The fourth-order valence-electron chi connectivity index (χ4n) is 2.57. The Bertz CT molecular complexity index is 1000. The number of ketones is 2. The third-order valence-electron chi connectivity index (χ3n) is 3.74. The lowest BCUT2D eigenvalue weighted by molar-refractivity contribution is 0.0979. The zero-order valence-electron chi connectivity index (χ0n) is 12.4. The standard InChI is InChI=1S/C17H12N2O4S/c18-8-3-9-19-24(22,23)11-6-7-14-15(10-11)17(21)13-5-2-1-4-12(13)16(14)20/h1-2,4-7,10,19H,3,9H2. The van der Waals surface area contributed by atoms with E-state index in [4.69, 9.17) is 5.26 Å². The highest BCUT2D eigenvalue weighted by molar-refractivity contribution is 7.89. The first-order valence-corrected chi connectivity index (χ1v) is 8.63. The first-order chi connectivity index (χ1) is 11.5. The van der Waals surface area contributed by atoms with Gasteiger partial charge in [0.2, 0.25) is 10.0 Å². The van der Waals surface area contributed by atoms with Crippen molar-refractivity contribution in [2.45, 2.75) is 11.3 Å². The molecule has 3 rings (SSSR count). The summed E-state index contributed by atoms with van der Waals surface area (Å²) in [5.41, 5.74) is 0.844. The van der Waals surface area contributed by atoms with Crippen molar-refractivity contribution in [2.75, 3.05) is 6.54 Å². The van der Waals surface area contributed by atoms with Crippen LogP contribution < -0.4 is 4.72 Å². The topological polar surface area (TPSA) is 104 Å². The maximum absolute atomic E-state index is 12.6. The van der Waals surface area contributed by atoms with Crippen molar-refractivity contribution in [3.05, 3.63) is 64.7 Å². The second-order valence-electron chi connectivity index (χ2n) is 5.22. The minimum Gasteiger partial charge on any atom is -0.289 e. The molecule has 1 aliphatic rings. The molecule has 1 aliphatic carbocycles. The smallest absolute Gasteiger partial charge is 0.240 e. The van der Waals surface area contributed by atoms with Gasteiger partial charge in [0.05, 0.1) is 11.0 Å². The molecule has 0 aromatic heterocycles. The van der Waals surface area contributed by atoms with Gasteiger partial charge in [-0.25, -0.2) is 13.1 Å². The molecule has 0 aliphatic heterocycles. The summed E-state index contributed by atoms with van der Waals surface area (Å²) in [7, 11) is -3.85. The van der Waals surface area contributed by atoms with E-state index in [0.717, 1.165) is 0 Å². The van der Waals surface area contributed by atoms with E-state index in [1.807, 2.05) is 6.07 Å². The lowest BCUT2D eigenvalue weighted by atomic mass is 9.84. The van der Waals surface area contributed by atoms with Crippen LogP contribution in [0.2, 0.25) is 0 Å². The average molecular weight is 340 g/mol. The van der Waals surface area contributed by atoms with Crippen molar-refractivity contribution in [3.8, 4) is 6.07 Å². The maximum atomic E-state index is 12.6. The molecule has 2 aromatic carbocycles. The minimum absolute atomic E-state index is 0.0222. The van der Waals surface area contributed by atoms with Crippen molar-refractivity contribution >= 4 is 21.6 Å². The highest BCUT2D eigenvalue weighted by Crippen LogP contribution is 2.28. The van der Waals surface area contributed by atoms with Gasteiger partial charge in [0, 0.05) is 35.2 Å². The normalized spacial score (nSPS) is 13.1. The first kappa shape index (κ1) is 16.1. The van der Waals surface area contributed by atoms with Gasteiger partial charge >= 0.3 is 0 Å². The number of fused-ring (bicyclic) bond motifs is 2. The summed E-state index contributed by atoms with van der Waals surface area (Å²) in [6, 6.07) is 12.1. The Morgan fingerprint density at radius 3 is 2.12 bits per heavy atom. The zero-order chi connectivity index (χ0) is 17.3. The molecule has 0 radical (unpaired) electrons. The third kappa shape index (κ3) is 2.62. The van der Waals surface area contributed by atoms with E-state index in [2.05, 4.69) is 4.72 Å². The monoisotopic (exact) mass is 340 g/mol. The van der Waals surface area contributed by atoms with Gasteiger partial charge in [-0.1, -0.05) is 24.3 Å². The van der Waals surface area contributed by atoms with Gasteiger partial charge < -0.3 is 0 Å². The first-order valence-electron chi connectivity index (χ1n) is 7.15. The highest BCUT2D eigenvalue weighted by Gasteiger charge is 2.30. The van der Waals surface area contributed by atoms with E-state index in [0.29, 0.717) is 5.56 Å². The predicted molar refractivity (Wildman–Crippen MR) is 85.2 cm³/mol. The summed E-state index contributed by atoms with van der Waals surface area (Å²) in [5.74, 6) is -0.684. The van der Waals surface area contributed by atoms with E-state index in [1.54, 1.807) is 24.3 Å². The second kappa shape index (κ2) is 6.00. The van der Waals surface area contributed by atoms with Crippen molar-refractivity contribution in [3.63, 3.8) is 0 Å². The fraction of sp³-hybridized carbons (Fsp3) is 0.118. The Morgan fingerprint density at radius 1 is 0.917 bits per heavy atom. The van der Waals surface area contributed by atoms with Crippen LogP contribution >= 0.6 is 0 Å². The van der Waals surface area contributed by atoms with Crippen LogP contribution in [0.4, 0.5) is 0 Å². The SMILES string of the molecule is N#CCCNS(=O)(=O)c1ccc2c(c1)C(=O)c1ccccc1C2=O. The van der Waals surface area contributed by atoms with Crippen LogP contribution in [0, 0.1) is 11.3 Å². The summed E-state index contributed by atoms with van der Waals surface area (Å²) in [4.78, 5) is 24.9. The van der Waals surface area contributed by atoms with E-state index in [1.165, 1.54) is 18.2 Å². The molecule has 6 nitrogen and oxygen atoms in total. The van der Waals surface area contributed by atoms with Gasteiger partial charge in [-0.3, -0.25) is 9.59 Å². The molecule has 2 aromatic rings. The Morgan fingerprint density at radius 2 is 1.50 bits per heavy atom. The number of sulfonamides is 1. The lowest BCUT2D eigenvalue weighted by Gasteiger charge is -2.18. The molecule has 0 unspecified atom stereocenters. The quantitative estimate of drug-likeness (QED) is 0.727. The second-order valence-corrected chi connectivity index (χ2v) is 6.98. The lowest BCUT2D eigenvalue weighted by Crippen LogP contribution is -2.26. The largest absolute Gasteiger partial charge is 0.289 e. The number of carbonyl (C=O) groups is 2. The molecule has 0 heterocycles. The summed E-state index contributed by atoms with van der Waals surface area (Å²) in [6.07, 6.45) is 0.0367. The molecule has 0 spiro atoms. The van der Waals surface area contributed by atoms with Gasteiger partial charge in [-0.05, 0) is 18.2 Å². The number of hydrogen-bond donors (Lipinski definition) is 1. The molecule has 0 bridgehead atoms. The molecule has 0 fully saturated rings. The summed E-state index contributed by atoms with van der Waals surface area (Å²) >= 11 is 0. The van der Waals surface area contributed by atoms with Crippen LogP contribution in [0.25, 0.3) is 0 Å². The van der Waals surface area contributed by atoms with E-state index >= 15 is 0 Å². The minimum atomic E-state index is -3.85. The third-order valence-corrected chi connectivity index (χ3v) is 5.19. The Hall–Kier alpha value is -2.82. The van der Waals surface area contributed by atoms with Gasteiger partial charge in [-0.15, -0.1) is 0 Å². The maximum Gasteiger partial charge on any atom is 0.240 e. The van der Waals surface area contributed by atoms with Gasteiger partial charge in [0.1, 0.15) is 0 Å². The van der Waals surface area contributed by atoms with Crippen LogP contribution in [0.3, 0.4) is 0 Å². The van der Waals surface area contributed by atoms with Crippen LogP contribution in [0.5, 0.6) is 0 Å². The van der Waals surface area contributed by atoms with Crippen LogP contribution in [0.15, 0.2) is 47.4 Å². The van der Waals surface area contributed by atoms with E-state index in [-0.39, 0.29) is 46.1 Å². The summed E-state index contributed by atoms with van der Waals surface area (Å²) < 4.78 is 26.7. The number of nitriles is 1. The van der Waals surface area contributed by atoms with Gasteiger partial charge in [0.15, 0.2) is 11.6 Å². The van der Waals surface area contributed by atoms with Crippen molar-refractivity contribution in [1.82, 2.24) is 4.72 Å². The van der Waals surface area contributed by atoms with Gasteiger partial charge in [-0.2, -0.15) is 5.26 Å². The number of benzene rings is 2.